The van der Waals surface area contributed by atoms with E-state index in [-0.39, 0.29) is 11.8 Å². The van der Waals surface area contributed by atoms with Gasteiger partial charge in [-0.15, -0.1) is 0 Å². The number of hydrogen-bond acceptors (Lipinski definition) is 4. The van der Waals surface area contributed by atoms with Gasteiger partial charge in [0.25, 0.3) is 5.69 Å². The average Bonchev–Trinajstić information content (AvgIpc) is 2.34. The van der Waals surface area contributed by atoms with E-state index >= 15 is 0 Å². The molecule has 0 amide bonds. The smallest absolute Gasteiger partial charge is 0.273 e. The minimum atomic E-state index is -0.447. The Morgan fingerprint density at radius 2 is 2.11 bits per heavy atom. The van der Waals surface area contributed by atoms with Crippen molar-refractivity contribution in [3.63, 3.8) is 0 Å². The Labute approximate surface area is 110 Å². The minimum Gasteiger partial charge on any atom is -0.489 e. The number of rotatable bonds is 3. The third-order valence-corrected chi connectivity index (χ3v) is 3.40. The Morgan fingerprint density at radius 1 is 1.44 bits per heavy atom. The van der Waals surface area contributed by atoms with Crippen molar-refractivity contribution in [2.75, 3.05) is 20.1 Å². The van der Waals surface area contributed by atoms with Crippen LogP contribution in [0.3, 0.4) is 0 Å². The lowest BCUT2D eigenvalue weighted by Crippen LogP contribution is -2.35. The Hall–Kier alpha value is -1.33. The van der Waals surface area contributed by atoms with E-state index in [1.807, 2.05) is 0 Å². The summed E-state index contributed by atoms with van der Waals surface area (Å²) in [5.41, 5.74) is 0.00216. The second-order valence-electron chi connectivity index (χ2n) is 4.49. The Bertz CT molecular complexity index is 445. The SMILES string of the molecule is CN1CCC(Oc2cc([N+](=O)[O-])ccc2Cl)CC1. The summed E-state index contributed by atoms with van der Waals surface area (Å²) in [6.07, 6.45) is 1.91. The summed E-state index contributed by atoms with van der Waals surface area (Å²) in [7, 11) is 2.07. The first-order valence-electron chi connectivity index (χ1n) is 5.85. The predicted molar refractivity (Wildman–Crippen MR) is 69.3 cm³/mol. The molecule has 0 aliphatic carbocycles. The molecule has 1 heterocycles. The number of halogens is 1. The van der Waals surface area contributed by atoms with E-state index in [0.717, 1.165) is 25.9 Å². The number of nitrogens with zero attached hydrogens (tertiary/aromatic N) is 2. The molecule has 0 unspecified atom stereocenters. The molecule has 18 heavy (non-hydrogen) atoms. The summed E-state index contributed by atoms with van der Waals surface area (Å²) in [5.74, 6) is 0.403. The summed E-state index contributed by atoms with van der Waals surface area (Å²) >= 11 is 5.99. The molecule has 0 saturated carbocycles. The van der Waals surface area contributed by atoms with Crippen LogP contribution in [-0.2, 0) is 0 Å². The molecule has 98 valence electrons. The van der Waals surface area contributed by atoms with Crippen LogP contribution in [0.5, 0.6) is 5.75 Å². The van der Waals surface area contributed by atoms with Crippen molar-refractivity contribution in [3.05, 3.63) is 33.3 Å². The van der Waals surface area contributed by atoms with E-state index in [2.05, 4.69) is 11.9 Å². The van der Waals surface area contributed by atoms with Crippen LogP contribution in [0.4, 0.5) is 5.69 Å². The van der Waals surface area contributed by atoms with Gasteiger partial charge in [0.05, 0.1) is 16.0 Å². The van der Waals surface area contributed by atoms with Gasteiger partial charge in [0.15, 0.2) is 0 Å². The van der Waals surface area contributed by atoms with Crippen molar-refractivity contribution < 1.29 is 9.66 Å². The van der Waals surface area contributed by atoms with E-state index in [4.69, 9.17) is 16.3 Å². The minimum absolute atomic E-state index is 0.00216. The fraction of sp³-hybridized carbons (Fsp3) is 0.500. The molecule has 0 radical (unpaired) electrons. The zero-order chi connectivity index (χ0) is 13.1. The van der Waals surface area contributed by atoms with Crippen LogP contribution >= 0.6 is 11.6 Å². The first kappa shape index (κ1) is 13.1. The summed E-state index contributed by atoms with van der Waals surface area (Å²) < 4.78 is 5.76. The number of piperidine rings is 1. The molecule has 1 saturated heterocycles. The molecule has 0 aromatic heterocycles. The van der Waals surface area contributed by atoms with Gasteiger partial charge in [0.1, 0.15) is 11.9 Å². The van der Waals surface area contributed by atoms with Gasteiger partial charge in [0, 0.05) is 19.2 Å². The third kappa shape index (κ3) is 3.11. The van der Waals surface area contributed by atoms with Crippen molar-refractivity contribution >= 4 is 17.3 Å². The van der Waals surface area contributed by atoms with Crippen molar-refractivity contribution in [3.8, 4) is 5.75 Å². The lowest BCUT2D eigenvalue weighted by molar-refractivity contribution is -0.384. The van der Waals surface area contributed by atoms with E-state index in [9.17, 15) is 10.1 Å². The maximum atomic E-state index is 10.7. The number of non-ortho nitro benzene ring substituents is 1. The molecule has 5 nitrogen and oxygen atoms in total. The molecule has 0 bridgehead atoms. The van der Waals surface area contributed by atoms with Crippen LogP contribution in [0.2, 0.25) is 5.02 Å². The van der Waals surface area contributed by atoms with Crippen molar-refractivity contribution in [2.45, 2.75) is 18.9 Å². The van der Waals surface area contributed by atoms with Crippen LogP contribution in [0.15, 0.2) is 18.2 Å². The van der Waals surface area contributed by atoms with E-state index in [1.54, 1.807) is 0 Å². The van der Waals surface area contributed by atoms with Gasteiger partial charge in [-0.1, -0.05) is 11.6 Å². The second kappa shape index (κ2) is 5.54. The summed E-state index contributed by atoms with van der Waals surface area (Å²) in [6, 6.07) is 4.27. The molecule has 2 rings (SSSR count). The van der Waals surface area contributed by atoms with Crippen LogP contribution in [-0.4, -0.2) is 36.1 Å². The first-order chi connectivity index (χ1) is 8.56. The van der Waals surface area contributed by atoms with E-state index in [0.29, 0.717) is 10.8 Å². The van der Waals surface area contributed by atoms with Crippen molar-refractivity contribution in [1.82, 2.24) is 4.90 Å². The highest BCUT2D eigenvalue weighted by molar-refractivity contribution is 6.32. The maximum absolute atomic E-state index is 10.7. The van der Waals surface area contributed by atoms with Gasteiger partial charge in [0.2, 0.25) is 0 Å². The molecule has 0 N–H and O–H groups in total. The molecular formula is C12H15ClN2O3. The maximum Gasteiger partial charge on any atom is 0.273 e. The number of nitro benzene ring substituents is 1. The molecular weight excluding hydrogens is 256 g/mol. The van der Waals surface area contributed by atoms with Crippen molar-refractivity contribution in [2.24, 2.45) is 0 Å². The van der Waals surface area contributed by atoms with Crippen LogP contribution in [0, 0.1) is 10.1 Å². The summed E-state index contributed by atoms with van der Waals surface area (Å²) in [5, 5.41) is 11.1. The van der Waals surface area contributed by atoms with Gasteiger partial charge < -0.3 is 9.64 Å². The van der Waals surface area contributed by atoms with E-state index < -0.39 is 4.92 Å². The second-order valence-corrected chi connectivity index (χ2v) is 4.90. The van der Waals surface area contributed by atoms with Crippen LogP contribution in [0.25, 0.3) is 0 Å². The molecule has 1 aliphatic rings. The molecule has 1 fully saturated rings. The molecule has 1 aliphatic heterocycles. The largest absolute Gasteiger partial charge is 0.489 e. The topological polar surface area (TPSA) is 55.6 Å². The first-order valence-corrected chi connectivity index (χ1v) is 6.23. The van der Waals surface area contributed by atoms with Gasteiger partial charge in [-0.3, -0.25) is 10.1 Å². The molecule has 1 aromatic rings. The van der Waals surface area contributed by atoms with Gasteiger partial charge in [-0.25, -0.2) is 0 Å². The van der Waals surface area contributed by atoms with Gasteiger partial charge >= 0.3 is 0 Å². The Balaban J connectivity index is 2.08. The number of hydrogen-bond donors (Lipinski definition) is 0. The predicted octanol–water partition coefficient (Wildman–Crippen LogP) is 2.72. The summed E-state index contributed by atoms with van der Waals surface area (Å²) in [6.45, 7) is 1.94. The van der Waals surface area contributed by atoms with Crippen LogP contribution in [0.1, 0.15) is 12.8 Å². The number of nitro groups is 1. The monoisotopic (exact) mass is 270 g/mol. The molecule has 1 aromatic carbocycles. The zero-order valence-electron chi connectivity index (χ0n) is 10.1. The lowest BCUT2D eigenvalue weighted by Gasteiger charge is -2.29. The fourth-order valence-electron chi connectivity index (χ4n) is 1.98. The lowest BCUT2D eigenvalue weighted by atomic mass is 10.1. The number of ether oxygens (including phenoxy) is 1. The standard InChI is InChI=1S/C12H15ClN2O3/c1-14-6-4-10(5-7-14)18-12-8-9(15(16)17)2-3-11(12)13/h2-3,8,10H,4-7H2,1H3. The highest BCUT2D eigenvalue weighted by atomic mass is 35.5. The van der Waals surface area contributed by atoms with Crippen LogP contribution < -0.4 is 4.74 Å². The Kier molecular flexibility index (Phi) is 4.04. The molecule has 6 heteroatoms. The number of likely N-dealkylation sites (tertiary alicyclic amines) is 1. The van der Waals surface area contributed by atoms with Gasteiger partial charge in [-0.2, -0.15) is 0 Å². The van der Waals surface area contributed by atoms with Crippen molar-refractivity contribution in [1.29, 1.82) is 0 Å². The normalized spacial score (nSPS) is 17.7. The third-order valence-electron chi connectivity index (χ3n) is 3.08. The number of benzene rings is 1. The Morgan fingerprint density at radius 3 is 2.72 bits per heavy atom. The van der Waals surface area contributed by atoms with Gasteiger partial charge in [-0.05, 0) is 26.0 Å². The zero-order valence-corrected chi connectivity index (χ0v) is 10.9. The fourth-order valence-corrected chi connectivity index (χ4v) is 2.14. The summed E-state index contributed by atoms with van der Waals surface area (Å²) in [4.78, 5) is 12.5. The van der Waals surface area contributed by atoms with E-state index in [1.165, 1.54) is 18.2 Å². The average molecular weight is 271 g/mol. The molecule has 0 spiro atoms. The highest BCUT2D eigenvalue weighted by Gasteiger charge is 2.20. The quantitative estimate of drug-likeness (QED) is 0.626. The molecule has 0 atom stereocenters. The highest BCUT2D eigenvalue weighted by Crippen LogP contribution is 2.31.